The van der Waals surface area contributed by atoms with Crippen molar-refractivity contribution >= 4 is 11.3 Å². The zero-order valence-electron chi connectivity index (χ0n) is 12.4. The van der Waals surface area contributed by atoms with E-state index >= 15 is 0 Å². The molecule has 1 N–H and O–H groups in total. The number of hydrogen-bond donors (Lipinski definition) is 1. The maximum Gasteiger partial charge on any atom is 0.0948 e. The Morgan fingerprint density at radius 1 is 1.38 bits per heavy atom. The molecule has 0 radical (unpaired) electrons. The van der Waals surface area contributed by atoms with Gasteiger partial charge < -0.3 is 10.1 Å². The van der Waals surface area contributed by atoms with Crippen LogP contribution in [0.15, 0.2) is 35.7 Å². The molecule has 2 atom stereocenters. The van der Waals surface area contributed by atoms with Crippen LogP contribution in [0.4, 0.5) is 0 Å². The molecule has 1 aliphatic heterocycles. The van der Waals surface area contributed by atoms with Gasteiger partial charge in [-0.05, 0) is 13.0 Å². The van der Waals surface area contributed by atoms with Crippen LogP contribution in [0.5, 0.6) is 0 Å². The number of likely N-dealkylation sites (N-methyl/N-ethyl adjacent to an activating group) is 1. The largest absolute Gasteiger partial charge is 0.381 e. The summed E-state index contributed by atoms with van der Waals surface area (Å²) in [4.78, 5) is 4.81. The molecular weight excluding hydrogens is 280 g/mol. The summed E-state index contributed by atoms with van der Waals surface area (Å²) in [6, 6.07) is 10.9. The topological polar surface area (TPSA) is 34.2 Å². The highest BCUT2D eigenvalue weighted by Crippen LogP contribution is 2.25. The molecule has 1 aromatic heterocycles. The molecule has 21 heavy (non-hydrogen) atoms. The number of aromatic nitrogens is 1. The fourth-order valence-corrected chi connectivity index (χ4v) is 3.74. The Balaban J connectivity index is 1.70. The minimum atomic E-state index is 0.479. The standard InChI is InChI=1S/C17H22N2OS/c1-2-18-15(14-8-9-20-11-14)10-17-19-16(12-21-17)13-6-4-3-5-7-13/h3-7,12,14-15,18H,2,8-11H2,1H3. The molecule has 2 heterocycles. The Morgan fingerprint density at radius 2 is 2.24 bits per heavy atom. The van der Waals surface area contributed by atoms with E-state index in [1.807, 2.05) is 6.07 Å². The van der Waals surface area contributed by atoms with Crippen molar-refractivity contribution < 1.29 is 4.74 Å². The van der Waals surface area contributed by atoms with Crippen molar-refractivity contribution in [3.8, 4) is 11.3 Å². The summed E-state index contributed by atoms with van der Waals surface area (Å²) in [6.07, 6.45) is 2.16. The van der Waals surface area contributed by atoms with E-state index in [4.69, 9.17) is 9.72 Å². The van der Waals surface area contributed by atoms with Crippen molar-refractivity contribution in [2.45, 2.75) is 25.8 Å². The van der Waals surface area contributed by atoms with Crippen LogP contribution in [0.25, 0.3) is 11.3 Å². The number of nitrogens with zero attached hydrogens (tertiary/aromatic N) is 1. The predicted molar refractivity (Wildman–Crippen MR) is 87.6 cm³/mol. The minimum Gasteiger partial charge on any atom is -0.381 e. The summed E-state index contributed by atoms with van der Waals surface area (Å²) in [5.41, 5.74) is 2.29. The third-order valence-corrected chi connectivity index (χ3v) is 4.89. The summed E-state index contributed by atoms with van der Waals surface area (Å²) in [5.74, 6) is 0.619. The monoisotopic (exact) mass is 302 g/mol. The maximum atomic E-state index is 5.54. The number of thiazole rings is 1. The van der Waals surface area contributed by atoms with Crippen LogP contribution < -0.4 is 5.32 Å². The third kappa shape index (κ3) is 3.70. The van der Waals surface area contributed by atoms with Crippen LogP contribution in [0.3, 0.4) is 0 Å². The van der Waals surface area contributed by atoms with Gasteiger partial charge in [-0.3, -0.25) is 0 Å². The van der Waals surface area contributed by atoms with Gasteiger partial charge in [0, 0.05) is 35.9 Å². The predicted octanol–water partition coefficient (Wildman–Crippen LogP) is 3.37. The Kier molecular flexibility index (Phi) is 5.01. The van der Waals surface area contributed by atoms with Crippen molar-refractivity contribution in [1.29, 1.82) is 0 Å². The summed E-state index contributed by atoms with van der Waals surface area (Å²) < 4.78 is 5.54. The second kappa shape index (κ2) is 7.16. The molecule has 0 aliphatic carbocycles. The van der Waals surface area contributed by atoms with Crippen molar-refractivity contribution in [3.05, 3.63) is 40.7 Å². The van der Waals surface area contributed by atoms with Gasteiger partial charge in [-0.15, -0.1) is 11.3 Å². The molecule has 112 valence electrons. The quantitative estimate of drug-likeness (QED) is 0.888. The van der Waals surface area contributed by atoms with Crippen LogP contribution in [0, 0.1) is 5.92 Å². The second-order valence-corrected chi connectivity index (χ2v) is 6.43. The number of ether oxygens (including phenoxy) is 1. The van der Waals surface area contributed by atoms with Gasteiger partial charge in [-0.2, -0.15) is 0 Å². The fourth-order valence-electron chi connectivity index (χ4n) is 2.87. The highest BCUT2D eigenvalue weighted by atomic mass is 32.1. The van der Waals surface area contributed by atoms with Gasteiger partial charge in [0.1, 0.15) is 0 Å². The zero-order valence-corrected chi connectivity index (χ0v) is 13.2. The lowest BCUT2D eigenvalue weighted by atomic mass is 9.96. The van der Waals surface area contributed by atoms with Gasteiger partial charge in [0.25, 0.3) is 0 Å². The Hall–Kier alpha value is -1.23. The van der Waals surface area contributed by atoms with E-state index in [9.17, 15) is 0 Å². The fraction of sp³-hybridized carbons (Fsp3) is 0.471. The average Bonchev–Trinajstić information content (AvgIpc) is 3.19. The molecule has 3 nitrogen and oxygen atoms in total. The number of hydrogen-bond acceptors (Lipinski definition) is 4. The zero-order chi connectivity index (χ0) is 14.5. The molecule has 1 aliphatic rings. The van der Waals surface area contributed by atoms with Gasteiger partial charge in [0.2, 0.25) is 0 Å². The second-order valence-electron chi connectivity index (χ2n) is 5.48. The lowest BCUT2D eigenvalue weighted by molar-refractivity contribution is 0.176. The van der Waals surface area contributed by atoms with Crippen LogP contribution >= 0.6 is 11.3 Å². The smallest absolute Gasteiger partial charge is 0.0948 e. The molecule has 4 heteroatoms. The van der Waals surface area contributed by atoms with Crippen LogP contribution in [-0.4, -0.2) is 30.8 Å². The summed E-state index contributed by atoms with van der Waals surface area (Å²) in [5, 5.41) is 6.99. The molecule has 1 fully saturated rings. The lowest BCUT2D eigenvalue weighted by Crippen LogP contribution is -2.38. The molecular formula is C17H22N2OS. The number of benzene rings is 1. The van der Waals surface area contributed by atoms with E-state index in [0.717, 1.165) is 38.3 Å². The van der Waals surface area contributed by atoms with Crippen molar-refractivity contribution in [3.63, 3.8) is 0 Å². The SMILES string of the molecule is CCNC(Cc1nc(-c2ccccc2)cs1)C1CCOC1. The van der Waals surface area contributed by atoms with Crippen LogP contribution in [0.1, 0.15) is 18.4 Å². The highest BCUT2D eigenvalue weighted by molar-refractivity contribution is 7.09. The van der Waals surface area contributed by atoms with E-state index < -0.39 is 0 Å². The van der Waals surface area contributed by atoms with Gasteiger partial charge in [0.15, 0.2) is 0 Å². The number of rotatable bonds is 6. The van der Waals surface area contributed by atoms with E-state index in [1.165, 1.54) is 10.6 Å². The van der Waals surface area contributed by atoms with Gasteiger partial charge in [-0.25, -0.2) is 4.98 Å². The first-order chi connectivity index (χ1) is 10.4. The average molecular weight is 302 g/mol. The lowest BCUT2D eigenvalue weighted by Gasteiger charge is -2.22. The Morgan fingerprint density at radius 3 is 2.95 bits per heavy atom. The van der Waals surface area contributed by atoms with Gasteiger partial charge in [-0.1, -0.05) is 37.3 Å². The first-order valence-electron chi connectivity index (χ1n) is 7.67. The van der Waals surface area contributed by atoms with E-state index in [0.29, 0.717) is 12.0 Å². The van der Waals surface area contributed by atoms with E-state index in [1.54, 1.807) is 11.3 Å². The van der Waals surface area contributed by atoms with Crippen molar-refractivity contribution in [2.24, 2.45) is 5.92 Å². The summed E-state index contributed by atoms with van der Waals surface area (Å²) in [6.45, 7) is 4.95. The first-order valence-corrected chi connectivity index (χ1v) is 8.55. The molecule has 1 saturated heterocycles. The van der Waals surface area contributed by atoms with Gasteiger partial charge in [0.05, 0.1) is 17.3 Å². The Labute approximate surface area is 130 Å². The highest BCUT2D eigenvalue weighted by Gasteiger charge is 2.26. The molecule has 3 rings (SSSR count). The Bertz CT molecular complexity index is 549. The first kappa shape index (κ1) is 14.7. The molecule has 0 spiro atoms. The molecule has 2 aromatic rings. The van der Waals surface area contributed by atoms with E-state index in [2.05, 4.69) is 41.9 Å². The maximum absolute atomic E-state index is 5.54. The van der Waals surface area contributed by atoms with Crippen molar-refractivity contribution in [1.82, 2.24) is 10.3 Å². The van der Waals surface area contributed by atoms with Gasteiger partial charge >= 0.3 is 0 Å². The summed E-state index contributed by atoms with van der Waals surface area (Å²) in [7, 11) is 0. The minimum absolute atomic E-state index is 0.479. The molecule has 0 bridgehead atoms. The molecule has 2 unspecified atom stereocenters. The molecule has 0 saturated carbocycles. The molecule has 1 aromatic carbocycles. The van der Waals surface area contributed by atoms with Crippen molar-refractivity contribution in [2.75, 3.05) is 19.8 Å². The molecule has 0 amide bonds. The normalized spacial score (nSPS) is 19.8. The number of nitrogens with one attached hydrogen (secondary N) is 1. The van der Waals surface area contributed by atoms with Crippen LogP contribution in [-0.2, 0) is 11.2 Å². The third-order valence-electron chi connectivity index (χ3n) is 4.02. The van der Waals surface area contributed by atoms with Crippen LogP contribution in [0.2, 0.25) is 0 Å². The van der Waals surface area contributed by atoms with E-state index in [-0.39, 0.29) is 0 Å². The summed E-state index contributed by atoms with van der Waals surface area (Å²) >= 11 is 1.77.